The first kappa shape index (κ1) is 11.6. The molecule has 0 radical (unpaired) electrons. The van der Waals surface area contributed by atoms with Gasteiger partial charge in [0.15, 0.2) is 0 Å². The lowest BCUT2D eigenvalue weighted by Crippen LogP contribution is -2.27. The van der Waals surface area contributed by atoms with Crippen LogP contribution in [0.25, 0.3) is 0 Å². The van der Waals surface area contributed by atoms with Crippen LogP contribution in [0.3, 0.4) is 0 Å². The highest BCUT2D eigenvalue weighted by Gasteiger charge is 2.27. The highest BCUT2D eigenvalue weighted by molar-refractivity contribution is 7.99. The molecule has 0 spiro atoms. The van der Waals surface area contributed by atoms with E-state index >= 15 is 0 Å². The first-order valence-electron chi connectivity index (χ1n) is 4.99. The van der Waals surface area contributed by atoms with E-state index in [0.29, 0.717) is 15.3 Å². The van der Waals surface area contributed by atoms with Gasteiger partial charge in [-0.2, -0.15) is 11.8 Å². The van der Waals surface area contributed by atoms with E-state index in [1.807, 2.05) is 23.9 Å². The number of fused-ring (bicyclic) bond motifs is 1. The molecule has 2 N–H and O–H groups in total. The summed E-state index contributed by atoms with van der Waals surface area (Å²) in [6.45, 7) is 2.17. The number of rotatable bonds is 1. The Kier molecular flexibility index (Phi) is 3.51. The number of nitrogens with two attached hydrogens (primary N) is 1. The summed E-state index contributed by atoms with van der Waals surface area (Å²) < 4.78 is 0. The molecule has 4 heteroatoms. The third-order valence-electron chi connectivity index (χ3n) is 2.84. The van der Waals surface area contributed by atoms with Gasteiger partial charge in [-0.1, -0.05) is 36.2 Å². The van der Waals surface area contributed by atoms with Gasteiger partial charge in [0.1, 0.15) is 0 Å². The number of hydrogen-bond donors (Lipinski definition) is 1. The summed E-state index contributed by atoms with van der Waals surface area (Å²) in [5.41, 5.74) is 8.48. The summed E-state index contributed by atoms with van der Waals surface area (Å²) in [6, 6.07) is 3.93. The molecular weight excluding hydrogens is 249 g/mol. The maximum Gasteiger partial charge on any atom is 0.0636 e. The van der Waals surface area contributed by atoms with Crippen LogP contribution in [0.5, 0.6) is 0 Å². The number of benzene rings is 1. The normalized spacial score (nSPS) is 25.1. The van der Waals surface area contributed by atoms with Gasteiger partial charge in [0, 0.05) is 17.0 Å². The van der Waals surface area contributed by atoms with Gasteiger partial charge in [-0.05, 0) is 23.6 Å². The SMILES string of the molecule is CCC1SCc2c(ccc(Cl)c2Cl)C1N. The van der Waals surface area contributed by atoms with E-state index in [1.54, 1.807) is 0 Å². The third-order valence-corrected chi connectivity index (χ3v) is 5.19. The van der Waals surface area contributed by atoms with Gasteiger partial charge >= 0.3 is 0 Å². The quantitative estimate of drug-likeness (QED) is 0.827. The van der Waals surface area contributed by atoms with E-state index in [4.69, 9.17) is 28.9 Å². The van der Waals surface area contributed by atoms with Crippen LogP contribution >= 0.6 is 35.0 Å². The van der Waals surface area contributed by atoms with E-state index in [0.717, 1.165) is 23.3 Å². The van der Waals surface area contributed by atoms with Crippen molar-refractivity contribution < 1.29 is 0 Å². The first-order valence-corrected chi connectivity index (χ1v) is 6.79. The molecule has 0 aliphatic carbocycles. The van der Waals surface area contributed by atoms with Crippen molar-refractivity contribution in [3.8, 4) is 0 Å². The molecule has 1 aliphatic rings. The van der Waals surface area contributed by atoms with Gasteiger partial charge in [-0.15, -0.1) is 0 Å². The van der Waals surface area contributed by atoms with Gasteiger partial charge in [0.2, 0.25) is 0 Å². The van der Waals surface area contributed by atoms with Gasteiger partial charge in [-0.3, -0.25) is 0 Å². The van der Waals surface area contributed by atoms with E-state index in [2.05, 4.69) is 6.92 Å². The minimum atomic E-state index is 0.0820. The van der Waals surface area contributed by atoms with Crippen LogP contribution in [0.4, 0.5) is 0 Å². The molecule has 0 bridgehead atoms. The highest BCUT2D eigenvalue weighted by atomic mass is 35.5. The largest absolute Gasteiger partial charge is 0.323 e. The topological polar surface area (TPSA) is 26.0 Å². The standard InChI is InChI=1S/C11H13Cl2NS/c1-2-9-11(14)6-3-4-8(12)10(13)7(6)5-15-9/h3-4,9,11H,2,5,14H2,1H3. The zero-order valence-electron chi connectivity index (χ0n) is 8.47. The number of halogens is 2. The average molecular weight is 262 g/mol. The predicted molar refractivity (Wildman–Crippen MR) is 68.8 cm³/mol. The highest BCUT2D eigenvalue weighted by Crippen LogP contribution is 2.42. The zero-order valence-corrected chi connectivity index (χ0v) is 10.8. The van der Waals surface area contributed by atoms with E-state index in [-0.39, 0.29) is 6.04 Å². The molecular formula is C11H13Cl2NS. The van der Waals surface area contributed by atoms with Crippen molar-refractivity contribution in [2.45, 2.75) is 30.4 Å². The van der Waals surface area contributed by atoms with Crippen LogP contribution in [0, 0.1) is 0 Å². The lowest BCUT2D eigenvalue weighted by molar-refractivity contribution is 0.643. The molecule has 2 atom stereocenters. The maximum absolute atomic E-state index is 6.20. The Morgan fingerprint density at radius 1 is 1.47 bits per heavy atom. The lowest BCUT2D eigenvalue weighted by atomic mass is 9.97. The van der Waals surface area contributed by atoms with Crippen LogP contribution < -0.4 is 5.73 Å². The molecule has 82 valence electrons. The van der Waals surface area contributed by atoms with Gasteiger partial charge in [0.05, 0.1) is 10.0 Å². The lowest BCUT2D eigenvalue weighted by Gasteiger charge is -2.30. The van der Waals surface area contributed by atoms with Crippen molar-refractivity contribution >= 4 is 35.0 Å². The molecule has 0 saturated heterocycles. The van der Waals surface area contributed by atoms with Crippen molar-refractivity contribution in [3.05, 3.63) is 33.3 Å². The number of thioether (sulfide) groups is 1. The van der Waals surface area contributed by atoms with Gasteiger partial charge in [0.25, 0.3) is 0 Å². The summed E-state index contributed by atoms with van der Waals surface area (Å²) in [4.78, 5) is 0. The molecule has 1 aromatic rings. The Balaban J connectivity index is 2.45. The molecule has 0 saturated carbocycles. The smallest absolute Gasteiger partial charge is 0.0636 e. The van der Waals surface area contributed by atoms with Crippen molar-refractivity contribution in [2.75, 3.05) is 0 Å². The Hall–Kier alpha value is 0.110. The Bertz CT molecular complexity index is 381. The van der Waals surface area contributed by atoms with Gasteiger partial charge < -0.3 is 5.73 Å². The molecule has 2 rings (SSSR count). The Morgan fingerprint density at radius 2 is 2.20 bits per heavy atom. The monoisotopic (exact) mass is 261 g/mol. The summed E-state index contributed by atoms with van der Waals surface area (Å²) in [7, 11) is 0. The first-order chi connectivity index (χ1) is 7.15. The van der Waals surface area contributed by atoms with Crippen LogP contribution in [-0.2, 0) is 5.75 Å². The molecule has 2 unspecified atom stereocenters. The summed E-state index contributed by atoms with van der Waals surface area (Å²) in [5, 5.41) is 1.79. The van der Waals surface area contributed by atoms with E-state index in [1.165, 1.54) is 0 Å². The van der Waals surface area contributed by atoms with Crippen molar-refractivity contribution in [3.63, 3.8) is 0 Å². The molecule has 0 aromatic heterocycles. The second-order valence-corrected chi connectivity index (χ2v) is 5.73. The summed E-state index contributed by atoms with van der Waals surface area (Å²) >= 11 is 14.0. The van der Waals surface area contributed by atoms with Crippen molar-refractivity contribution in [1.82, 2.24) is 0 Å². The summed E-state index contributed by atoms with van der Waals surface area (Å²) in [6.07, 6.45) is 1.09. The Morgan fingerprint density at radius 3 is 2.87 bits per heavy atom. The fourth-order valence-corrected chi connectivity index (χ4v) is 3.71. The minimum absolute atomic E-state index is 0.0820. The third kappa shape index (κ3) is 2.01. The van der Waals surface area contributed by atoms with Crippen LogP contribution in [0.1, 0.15) is 30.5 Å². The van der Waals surface area contributed by atoms with Crippen LogP contribution in [0.15, 0.2) is 12.1 Å². The van der Waals surface area contributed by atoms with Crippen LogP contribution in [0.2, 0.25) is 10.0 Å². The molecule has 15 heavy (non-hydrogen) atoms. The maximum atomic E-state index is 6.20. The number of hydrogen-bond acceptors (Lipinski definition) is 2. The second-order valence-electron chi connectivity index (χ2n) is 3.71. The molecule has 0 fully saturated rings. The van der Waals surface area contributed by atoms with Gasteiger partial charge in [-0.25, -0.2) is 0 Å². The second kappa shape index (κ2) is 4.54. The fourth-order valence-electron chi connectivity index (χ4n) is 1.93. The Labute approximate surface area is 104 Å². The molecule has 1 aliphatic heterocycles. The molecule has 1 nitrogen and oxygen atoms in total. The fraction of sp³-hybridized carbons (Fsp3) is 0.455. The molecule has 1 heterocycles. The average Bonchev–Trinajstić information content (AvgIpc) is 2.24. The van der Waals surface area contributed by atoms with Crippen LogP contribution in [-0.4, -0.2) is 5.25 Å². The minimum Gasteiger partial charge on any atom is -0.323 e. The molecule has 1 aromatic carbocycles. The van der Waals surface area contributed by atoms with Crippen molar-refractivity contribution in [2.24, 2.45) is 5.73 Å². The zero-order chi connectivity index (χ0) is 11.0. The van der Waals surface area contributed by atoms with E-state index < -0.39 is 0 Å². The molecule has 0 amide bonds. The van der Waals surface area contributed by atoms with Crippen molar-refractivity contribution in [1.29, 1.82) is 0 Å². The summed E-state index contributed by atoms with van der Waals surface area (Å²) in [5.74, 6) is 0.918. The van der Waals surface area contributed by atoms with E-state index in [9.17, 15) is 0 Å². The predicted octanol–water partition coefficient (Wildman–Crippen LogP) is 4.02.